The van der Waals surface area contributed by atoms with Gasteiger partial charge in [-0.25, -0.2) is 13.4 Å². The Morgan fingerprint density at radius 1 is 1.04 bits per heavy atom. The van der Waals surface area contributed by atoms with E-state index in [2.05, 4.69) is 102 Å². The van der Waals surface area contributed by atoms with E-state index in [-0.39, 0.29) is 34.9 Å². The summed E-state index contributed by atoms with van der Waals surface area (Å²) in [7, 11) is -3.26. The van der Waals surface area contributed by atoms with Crippen molar-refractivity contribution >= 4 is 44.7 Å². The van der Waals surface area contributed by atoms with E-state index in [1.54, 1.807) is 9.62 Å². The smallest absolute Gasteiger partial charge is 0.246 e. The first kappa shape index (κ1) is 40.9. The van der Waals surface area contributed by atoms with Gasteiger partial charge in [0.15, 0.2) is 5.13 Å². The first-order chi connectivity index (χ1) is 22.3. The second kappa shape index (κ2) is 18.9. The summed E-state index contributed by atoms with van der Waals surface area (Å²) in [6.45, 7) is 17.0. The molecule has 1 aliphatic heterocycles. The topological polar surface area (TPSA) is 138 Å². The Hall–Kier alpha value is -4.13. The molecule has 5 rings (SSSR count). The summed E-state index contributed by atoms with van der Waals surface area (Å²) in [6.07, 6.45) is 21.3. The van der Waals surface area contributed by atoms with Crippen molar-refractivity contribution in [2.24, 2.45) is 5.41 Å². The molecule has 2 aliphatic carbocycles. The van der Waals surface area contributed by atoms with Gasteiger partial charge in [-0.15, -0.1) is 50.2 Å². The average molecular weight is 684 g/mol. The molecular formula is C35H49N5O5S2. The lowest BCUT2D eigenvalue weighted by atomic mass is 9.85. The van der Waals surface area contributed by atoms with E-state index in [0.717, 1.165) is 42.1 Å². The van der Waals surface area contributed by atoms with Gasteiger partial charge < -0.3 is 15.5 Å². The van der Waals surface area contributed by atoms with Crippen LogP contribution >= 0.6 is 11.3 Å². The predicted molar refractivity (Wildman–Crippen MR) is 192 cm³/mol. The Balaban J connectivity index is 0.000000620. The van der Waals surface area contributed by atoms with E-state index in [1.807, 2.05) is 5.38 Å². The molecule has 2 aromatic rings. The van der Waals surface area contributed by atoms with E-state index in [4.69, 9.17) is 4.98 Å². The van der Waals surface area contributed by atoms with Crippen LogP contribution in [0.4, 0.5) is 5.13 Å². The molecule has 3 aliphatic rings. The standard InChI is InChI=1S/C25H34N4O2S.C4H7NO3S.C2H4.2C2H2/c1-15-8-9-17(13-16(15)2)19-14-32-24(27-19)28-21(25(3,4)5)23(31)29-12-6-7-20(29)22(30)26-18-10-11-18;6-3-5-9(7,8)4-1-2-4;3*1-2/h8-9,13-14,18,20-21H,6-7,10-12H2,1-5H3,(H,26,30)(H,27,28);3-4H,1-2H2,(H,5,6);1-2H2;2*1-2H/t20-,21+;;;;/m0..../s1. The zero-order valence-corrected chi connectivity index (χ0v) is 29.8. The summed E-state index contributed by atoms with van der Waals surface area (Å²) in [4.78, 5) is 42.6. The van der Waals surface area contributed by atoms with Crippen LogP contribution in [0.1, 0.15) is 70.4 Å². The largest absolute Gasteiger partial charge is 0.352 e. The minimum atomic E-state index is -3.26. The van der Waals surface area contributed by atoms with Crippen molar-refractivity contribution in [3.05, 3.63) is 47.9 Å². The van der Waals surface area contributed by atoms with Crippen LogP contribution in [0.5, 0.6) is 0 Å². The number of carbonyl (C=O) groups excluding carboxylic acids is 3. The molecule has 1 aromatic carbocycles. The SMILES string of the molecule is C#C.C#C.C=C.Cc1ccc(-c2csc(N[C@H](C(=O)N3CCC[C@H]3C(=O)NC3CC3)C(C)(C)C)n2)cc1C.O=CNS(=O)(=O)C1CC1. The molecule has 12 heteroatoms. The molecule has 10 nitrogen and oxygen atoms in total. The summed E-state index contributed by atoms with van der Waals surface area (Å²) in [6, 6.07) is 5.82. The lowest BCUT2D eigenvalue weighted by Crippen LogP contribution is -2.54. The minimum Gasteiger partial charge on any atom is -0.352 e. The molecule has 0 radical (unpaired) electrons. The molecular weight excluding hydrogens is 635 g/mol. The molecule has 0 bridgehead atoms. The fourth-order valence-electron chi connectivity index (χ4n) is 4.68. The Morgan fingerprint density at radius 2 is 1.66 bits per heavy atom. The number of hydrogen-bond acceptors (Lipinski definition) is 8. The van der Waals surface area contributed by atoms with Crippen molar-refractivity contribution in [2.75, 3.05) is 11.9 Å². The Bertz CT molecular complexity index is 1480. The Morgan fingerprint density at radius 3 is 2.17 bits per heavy atom. The van der Waals surface area contributed by atoms with Crippen molar-refractivity contribution in [2.45, 2.75) is 96.5 Å². The highest BCUT2D eigenvalue weighted by atomic mass is 32.2. The summed E-state index contributed by atoms with van der Waals surface area (Å²) < 4.78 is 23.1. The number of terminal acetylenes is 2. The lowest BCUT2D eigenvalue weighted by molar-refractivity contribution is -0.140. The minimum absolute atomic E-state index is 0.00251. The number of likely N-dealkylation sites (tertiary alicyclic amines) is 1. The molecule has 3 amide bonds. The molecule has 2 heterocycles. The molecule has 3 N–H and O–H groups in total. The van der Waals surface area contributed by atoms with Crippen LogP contribution in [0.25, 0.3) is 11.3 Å². The van der Waals surface area contributed by atoms with Crippen LogP contribution in [0.2, 0.25) is 0 Å². The number of amides is 3. The van der Waals surface area contributed by atoms with Gasteiger partial charge in [0, 0.05) is 23.5 Å². The summed E-state index contributed by atoms with van der Waals surface area (Å²) in [5, 5.41) is 8.93. The number of carbonyl (C=O) groups is 3. The zero-order chi connectivity index (χ0) is 35.9. The zero-order valence-electron chi connectivity index (χ0n) is 28.1. The number of nitrogens with zero attached hydrogens (tertiary/aromatic N) is 2. The Kier molecular flexibility index (Phi) is 16.4. The third-order valence-electron chi connectivity index (χ3n) is 7.63. The van der Waals surface area contributed by atoms with Gasteiger partial charge in [0.1, 0.15) is 12.1 Å². The number of hydrogen-bond donors (Lipinski definition) is 3. The molecule has 1 aromatic heterocycles. The maximum Gasteiger partial charge on any atom is 0.246 e. The molecule has 2 saturated carbocycles. The van der Waals surface area contributed by atoms with Gasteiger partial charge in [0.25, 0.3) is 0 Å². The number of nitrogens with one attached hydrogen (secondary N) is 3. The second-order valence-electron chi connectivity index (χ2n) is 12.2. The third kappa shape index (κ3) is 12.2. The first-order valence-electron chi connectivity index (χ1n) is 15.3. The van der Waals surface area contributed by atoms with Crippen LogP contribution in [0.3, 0.4) is 0 Å². The number of sulfonamides is 1. The van der Waals surface area contributed by atoms with Crippen molar-refractivity contribution < 1.29 is 22.8 Å². The van der Waals surface area contributed by atoms with E-state index >= 15 is 0 Å². The summed E-state index contributed by atoms with van der Waals surface area (Å²) in [5.74, 6) is -0.0221. The number of anilines is 1. The van der Waals surface area contributed by atoms with E-state index in [1.165, 1.54) is 22.5 Å². The van der Waals surface area contributed by atoms with Gasteiger partial charge in [-0.2, -0.15) is 0 Å². The van der Waals surface area contributed by atoms with Gasteiger partial charge in [-0.1, -0.05) is 32.9 Å². The van der Waals surface area contributed by atoms with Crippen molar-refractivity contribution in [3.8, 4) is 37.0 Å². The molecule has 256 valence electrons. The average Bonchev–Trinajstić information content (AvgIpc) is 3.97. The molecule has 47 heavy (non-hydrogen) atoms. The summed E-state index contributed by atoms with van der Waals surface area (Å²) >= 11 is 1.51. The van der Waals surface area contributed by atoms with E-state index < -0.39 is 16.1 Å². The molecule has 2 atom stereocenters. The number of benzene rings is 1. The van der Waals surface area contributed by atoms with Gasteiger partial charge in [-0.05, 0) is 75.0 Å². The van der Waals surface area contributed by atoms with Gasteiger partial charge in [-0.3, -0.25) is 19.1 Å². The van der Waals surface area contributed by atoms with Gasteiger partial charge >= 0.3 is 0 Å². The third-order valence-corrected chi connectivity index (χ3v) is 10.2. The van der Waals surface area contributed by atoms with E-state index in [9.17, 15) is 22.8 Å². The van der Waals surface area contributed by atoms with Gasteiger partial charge in [0.05, 0.1) is 10.9 Å². The highest BCUT2D eigenvalue weighted by Crippen LogP contribution is 2.32. The van der Waals surface area contributed by atoms with E-state index in [0.29, 0.717) is 25.4 Å². The van der Waals surface area contributed by atoms with Crippen molar-refractivity contribution in [3.63, 3.8) is 0 Å². The van der Waals surface area contributed by atoms with Crippen LogP contribution in [0, 0.1) is 45.0 Å². The normalized spacial score (nSPS) is 17.2. The number of thiazole rings is 1. The highest BCUT2D eigenvalue weighted by molar-refractivity contribution is 7.90. The molecule has 0 unspecified atom stereocenters. The van der Waals surface area contributed by atoms with Crippen LogP contribution in [0.15, 0.2) is 36.7 Å². The van der Waals surface area contributed by atoms with Crippen LogP contribution in [-0.2, 0) is 24.4 Å². The van der Waals surface area contributed by atoms with Crippen molar-refractivity contribution in [1.29, 1.82) is 0 Å². The summed E-state index contributed by atoms with van der Waals surface area (Å²) in [5.41, 5.74) is 4.14. The maximum absolute atomic E-state index is 13.6. The number of aromatic nitrogens is 1. The van der Waals surface area contributed by atoms with Crippen LogP contribution < -0.4 is 15.4 Å². The molecule has 0 spiro atoms. The monoisotopic (exact) mass is 683 g/mol. The lowest BCUT2D eigenvalue weighted by Gasteiger charge is -2.35. The van der Waals surface area contributed by atoms with Crippen molar-refractivity contribution in [1.82, 2.24) is 19.9 Å². The Labute approximate surface area is 285 Å². The van der Waals surface area contributed by atoms with Gasteiger partial charge in [0.2, 0.25) is 28.2 Å². The number of aryl methyl sites for hydroxylation is 2. The van der Waals surface area contributed by atoms with Crippen LogP contribution in [-0.4, -0.2) is 66.4 Å². The first-order valence-corrected chi connectivity index (χ1v) is 17.7. The highest BCUT2D eigenvalue weighted by Gasteiger charge is 2.42. The maximum atomic E-state index is 13.6. The molecule has 3 fully saturated rings. The quantitative estimate of drug-likeness (QED) is 0.191. The predicted octanol–water partition coefficient (Wildman–Crippen LogP) is 5.05. The fraction of sp³-hybridized carbons (Fsp3) is 0.486. The second-order valence-corrected chi connectivity index (χ2v) is 15.1. The number of rotatable bonds is 9. The fourth-order valence-corrected chi connectivity index (χ4v) is 6.51. The molecule has 1 saturated heterocycles.